The summed E-state index contributed by atoms with van der Waals surface area (Å²) in [5.41, 5.74) is 0.784. The Balaban J connectivity index is 2.77. The second kappa shape index (κ2) is 4.80. The van der Waals surface area contributed by atoms with Crippen LogP contribution in [-0.2, 0) is 0 Å². The normalized spacial score (nSPS) is 10.5. The van der Waals surface area contributed by atoms with E-state index in [0.29, 0.717) is 11.1 Å². The van der Waals surface area contributed by atoms with Gasteiger partial charge in [-0.1, -0.05) is 18.2 Å². The van der Waals surface area contributed by atoms with Crippen LogP contribution in [0.1, 0.15) is 21.5 Å². The molecule has 19 heavy (non-hydrogen) atoms. The second-order valence-corrected chi connectivity index (χ2v) is 4.34. The molecule has 2 rings (SSSR count). The van der Waals surface area contributed by atoms with Gasteiger partial charge in [-0.05, 0) is 42.7 Å². The maximum Gasteiger partial charge on any atom is 0.335 e. The molecule has 0 atom stereocenters. The van der Waals surface area contributed by atoms with E-state index in [4.69, 9.17) is 5.11 Å². The van der Waals surface area contributed by atoms with E-state index >= 15 is 0 Å². The molecule has 0 spiro atoms. The lowest BCUT2D eigenvalue weighted by atomic mass is 9.94. The van der Waals surface area contributed by atoms with Crippen molar-refractivity contribution in [2.45, 2.75) is 13.8 Å². The summed E-state index contributed by atoms with van der Waals surface area (Å²) in [4.78, 5) is 11.1. The molecule has 2 nitrogen and oxygen atoms in total. The third-order valence-corrected chi connectivity index (χ3v) is 3.12. The number of aromatic carboxylic acids is 1. The van der Waals surface area contributed by atoms with Crippen molar-refractivity contribution in [1.82, 2.24) is 0 Å². The van der Waals surface area contributed by atoms with Gasteiger partial charge in [0.25, 0.3) is 0 Å². The Morgan fingerprint density at radius 3 is 2.42 bits per heavy atom. The topological polar surface area (TPSA) is 37.3 Å². The van der Waals surface area contributed by atoms with Crippen molar-refractivity contribution in [1.29, 1.82) is 0 Å². The van der Waals surface area contributed by atoms with Gasteiger partial charge in [0.1, 0.15) is 11.6 Å². The van der Waals surface area contributed by atoms with Crippen molar-refractivity contribution in [3.8, 4) is 11.1 Å². The smallest absolute Gasteiger partial charge is 0.335 e. The van der Waals surface area contributed by atoms with Crippen molar-refractivity contribution in [3.05, 3.63) is 58.7 Å². The Kier molecular flexibility index (Phi) is 3.34. The zero-order chi connectivity index (χ0) is 14.2. The predicted octanol–water partition coefficient (Wildman–Crippen LogP) is 3.95. The molecule has 0 bridgehead atoms. The number of aryl methyl sites for hydroxylation is 1. The summed E-state index contributed by atoms with van der Waals surface area (Å²) in [5, 5.41) is 9.04. The van der Waals surface area contributed by atoms with Gasteiger partial charge in [0.15, 0.2) is 0 Å². The van der Waals surface area contributed by atoms with E-state index in [1.165, 1.54) is 37.3 Å². The van der Waals surface area contributed by atoms with Crippen molar-refractivity contribution < 1.29 is 18.7 Å². The zero-order valence-electron chi connectivity index (χ0n) is 10.5. The summed E-state index contributed by atoms with van der Waals surface area (Å²) in [6.45, 7) is 3.08. The first kappa shape index (κ1) is 13.2. The molecule has 0 aromatic heterocycles. The van der Waals surface area contributed by atoms with Crippen LogP contribution in [0.5, 0.6) is 0 Å². The SMILES string of the molecule is Cc1ccc(F)c(-c2cccc(C(=O)O)c2C)c1F. The van der Waals surface area contributed by atoms with Crippen LogP contribution < -0.4 is 0 Å². The van der Waals surface area contributed by atoms with E-state index in [9.17, 15) is 13.6 Å². The summed E-state index contributed by atoms with van der Waals surface area (Å²) in [7, 11) is 0. The van der Waals surface area contributed by atoms with Crippen LogP contribution in [0.4, 0.5) is 8.78 Å². The lowest BCUT2D eigenvalue weighted by molar-refractivity contribution is 0.0696. The summed E-state index contributed by atoms with van der Waals surface area (Å²) in [5.74, 6) is -2.48. The monoisotopic (exact) mass is 262 g/mol. The van der Waals surface area contributed by atoms with Crippen LogP contribution in [0.2, 0.25) is 0 Å². The van der Waals surface area contributed by atoms with Crippen LogP contribution in [0.25, 0.3) is 11.1 Å². The predicted molar refractivity (Wildman–Crippen MR) is 68.2 cm³/mol. The molecule has 1 N–H and O–H groups in total. The zero-order valence-corrected chi connectivity index (χ0v) is 10.5. The maximum atomic E-state index is 14.1. The highest BCUT2D eigenvalue weighted by Crippen LogP contribution is 2.31. The quantitative estimate of drug-likeness (QED) is 0.889. The highest BCUT2D eigenvalue weighted by molar-refractivity contribution is 5.92. The molecule has 0 radical (unpaired) electrons. The molecule has 0 aliphatic heterocycles. The number of carboxylic acids is 1. The van der Waals surface area contributed by atoms with E-state index in [-0.39, 0.29) is 16.7 Å². The fourth-order valence-corrected chi connectivity index (χ4v) is 2.04. The van der Waals surface area contributed by atoms with E-state index in [1.54, 1.807) is 6.92 Å². The molecule has 0 unspecified atom stereocenters. The van der Waals surface area contributed by atoms with E-state index in [2.05, 4.69) is 0 Å². The minimum Gasteiger partial charge on any atom is -0.478 e. The van der Waals surface area contributed by atoms with E-state index in [0.717, 1.165) is 0 Å². The molecule has 0 heterocycles. The van der Waals surface area contributed by atoms with Gasteiger partial charge in [0, 0.05) is 0 Å². The van der Waals surface area contributed by atoms with Crippen LogP contribution in [-0.4, -0.2) is 11.1 Å². The minimum absolute atomic E-state index is 0.0396. The van der Waals surface area contributed by atoms with Crippen molar-refractivity contribution in [3.63, 3.8) is 0 Å². The number of benzene rings is 2. The molecule has 2 aromatic carbocycles. The minimum atomic E-state index is -1.12. The summed E-state index contributed by atoms with van der Waals surface area (Å²) >= 11 is 0. The Bertz CT molecular complexity index is 663. The van der Waals surface area contributed by atoms with E-state index < -0.39 is 17.6 Å². The van der Waals surface area contributed by atoms with Gasteiger partial charge < -0.3 is 5.11 Å². The van der Waals surface area contributed by atoms with Gasteiger partial charge in [0.2, 0.25) is 0 Å². The average molecular weight is 262 g/mol. The number of rotatable bonds is 2. The molecular weight excluding hydrogens is 250 g/mol. The Hall–Kier alpha value is -2.23. The van der Waals surface area contributed by atoms with Crippen molar-refractivity contribution in [2.75, 3.05) is 0 Å². The molecule has 0 saturated carbocycles. The number of carboxylic acid groups (broad SMARTS) is 1. The largest absolute Gasteiger partial charge is 0.478 e. The summed E-state index contributed by atoms with van der Waals surface area (Å²) in [6, 6.07) is 6.94. The van der Waals surface area contributed by atoms with E-state index in [1.807, 2.05) is 0 Å². The first-order valence-corrected chi connectivity index (χ1v) is 5.71. The Labute approximate surface area is 109 Å². The van der Waals surface area contributed by atoms with Crippen LogP contribution in [0, 0.1) is 25.5 Å². The number of halogens is 2. The van der Waals surface area contributed by atoms with Gasteiger partial charge in [-0.25, -0.2) is 13.6 Å². The molecule has 4 heteroatoms. The molecule has 0 aliphatic rings. The van der Waals surface area contributed by atoms with Gasteiger partial charge in [0.05, 0.1) is 11.1 Å². The van der Waals surface area contributed by atoms with Gasteiger partial charge in [-0.2, -0.15) is 0 Å². The van der Waals surface area contributed by atoms with Crippen LogP contribution in [0.3, 0.4) is 0 Å². The fourth-order valence-electron chi connectivity index (χ4n) is 2.04. The Morgan fingerprint density at radius 2 is 1.79 bits per heavy atom. The van der Waals surface area contributed by atoms with Gasteiger partial charge >= 0.3 is 5.97 Å². The lowest BCUT2D eigenvalue weighted by Gasteiger charge is -2.12. The second-order valence-electron chi connectivity index (χ2n) is 4.34. The molecule has 0 amide bonds. The number of hydrogen-bond donors (Lipinski definition) is 1. The van der Waals surface area contributed by atoms with Crippen molar-refractivity contribution in [2.24, 2.45) is 0 Å². The van der Waals surface area contributed by atoms with Crippen molar-refractivity contribution >= 4 is 5.97 Å². The van der Waals surface area contributed by atoms with Crippen LogP contribution >= 0.6 is 0 Å². The molecule has 0 fully saturated rings. The number of hydrogen-bond acceptors (Lipinski definition) is 1. The highest BCUT2D eigenvalue weighted by Gasteiger charge is 2.18. The Morgan fingerprint density at radius 1 is 1.11 bits per heavy atom. The molecule has 98 valence electrons. The number of carbonyl (C=O) groups is 1. The fraction of sp³-hybridized carbons (Fsp3) is 0.133. The lowest BCUT2D eigenvalue weighted by Crippen LogP contribution is -2.02. The first-order chi connectivity index (χ1) is 8.93. The third kappa shape index (κ3) is 2.21. The molecular formula is C15H12F2O2. The highest BCUT2D eigenvalue weighted by atomic mass is 19.1. The summed E-state index contributed by atoms with van der Waals surface area (Å²) < 4.78 is 27.9. The molecule has 0 saturated heterocycles. The summed E-state index contributed by atoms with van der Waals surface area (Å²) in [6.07, 6.45) is 0. The van der Waals surface area contributed by atoms with Crippen LogP contribution in [0.15, 0.2) is 30.3 Å². The van der Waals surface area contributed by atoms with Gasteiger partial charge in [-0.3, -0.25) is 0 Å². The average Bonchev–Trinajstić information content (AvgIpc) is 2.36. The first-order valence-electron chi connectivity index (χ1n) is 5.71. The molecule has 2 aromatic rings. The van der Waals surface area contributed by atoms with Gasteiger partial charge in [-0.15, -0.1) is 0 Å². The standard InChI is InChI=1S/C15H12F2O2/c1-8-6-7-12(16)13(14(8)17)10-4-3-5-11(9(10)2)15(18)19/h3-7H,1-2H3,(H,18,19). The molecule has 0 aliphatic carbocycles. The third-order valence-electron chi connectivity index (χ3n) is 3.12. The maximum absolute atomic E-state index is 14.1.